The van der Waals surface area contributed by atoms with E-state index in [1.165, 1.54) is 12.1 Å². The van der Waals surface area contributed by atoms with Crippen LogP contribution in [0, 0.1) is 10.1 Å². The normalized spacial score (nSPS) is 14.3. The van der Waals surface area contributed by atoms with Gasteiger partial charge in [-0.1, -0.05) is 0 Å². The summed E-state index contributed by atoms with van der Waals surface area (Å²) in [6.07, 6.45) is 0. The molecule has 1 heterocycles. The van der Waals surface area contributed by atoms with E-state index in [1.807, 2.05) is 0 Å². The van der Waals surface area contributed by atoms with Gasteiger partial charge in [-0.2, -0.15) is 0 Å². The zero-order valence-corrected chi connectivity index (χ0v) is 7.23. The highest BCUT2D eigenvalue weighted by Gasteiger charge is 2.19. The molecular formula is C8H8N2O4. The number of hydrogen-bond donors (Lipinski definition) is 1. The summed E-state index contributed by atoms with van der Waals surface area (Å²) in [5.74, 6) is 0.470. The molecule has 0 saturated carbocycles. The lowest BCUT2D eigenvalue weighted by molar-refractivity contribution is -0.384. The average Bonchev–Trinajstić information content (AvgIpc) is 2.16. The largest absolute Gasteiger partial charge is 0.467 e. The van der Waals surface area contributed by atoms with Crippen molar-refractivity contribution in [2.24, 2.45) is 0 Å². The van der Waals surface area contributed by atoms with Gasteiger partial charge in [0.05, 0.1) is 17.6 Å². The van der Waals surface area contributed by atoms with E-state index < -0.39 is 4.92 Å². The summed E-state index contributed by atoms with van der Waals surface area (Å²) in [7, 11) is 0. The second-order valence-electron chi connectivity index (χ2n) is 2.89. The molecule has 0 fully saturated rings. The smallest absolute Gasteiger partial charge is 0.295 e. The van der Waals surface area contributed by atoms with E-state index >= 15 is 0 Å². The fourth-order valence-electron chi connectivity index (χ4n) is 1.30. The van der Waals surface area contributed by atoms with Gasteiger partial charge >= 0.3 is 0 Å². The molecule has 6 heteroatoms. The van der Waals surface area contributed by atoms with E-state index in [4.69, 9.17) is 15.2 Å². The molecule has 1 aliphatic heterocycles. The van der Waals surface area contributed by atoms with Gasteiger partial charge in [-0.25, -0.2) is 0 Å². The average molecular weight is 196 g/mol. The zero-order chi connectivity index (χ0) is 10.1. The van der Waals surface area contributed by atoms with Gasteiger partial charge in [0, 0.05) is 5.56 Å². The number of nitro groups is 1. The summed E-state index contributed by atoms with van der Waals surface area (Å²) in [6.45, 7) is 0.492. The highest BCUT2D eigenvalue weighted by Crippen LogP contribution is 2.32. The van der Waals surface area contributed by atoms with Gasteiger partial charge in [0.1, 0.15) is 11.4 Å². The van der Waals surface area contributed by atoms with Crippen LogP contribution in [0.5, 0.6) is 5.75 Å². The molecule has 0 bridgehead atoms. The molecule has 1 aliphatic rings. The molecule has 74 valence electrons. The van der Waals surface area contributed by atoms with Crippen molar-refractivity contribution < 1.29 is 14.4 Å². The maximum absolute atomic E-state index is 10.5. The van der Waals surface area contributed by atoms with E-state index in [0.717, 1.165) is 5.56 Å². The van der Waals surface area contributed by atoms with Crippen LogP contribution >= 0.6 is 0 Å². The molecule has 0 spiro atoms. The van der Waals surface area contributed by atoms with Crippen molar-refractivity contribution >= 4 is 11.4 Å². The molecule has 0 saturated heterocycles. The third kappa shape index (κ3) is 1.35. The van der Waals surface area contributed by atoms with Crippen LogP contribution in [0.3, 0.4) is 0 Å². The Morgan fingerprint density at radius 3 is 3.00 bits per heavy atom. The lowest BCUT2D eigenvalue weighted by atomic mass is 10.1. The van der Waals surface area contributed by atoms with Crippen molar-refractivity contribution in [3.8, 4) is 5.75 Å². The summed E-state index contributed by atoms with van der Waals surface area (Å²) in [6, 6.07) is 2.83. The number of rotatable bonds is 1. The van der Waals surface area contributed by atoms with Crippen LogP contribution in [-0.4, -0.2) is 11.7 Å². The van der Waals surface area contributed by atoms with Gasteiger partial charge < -0.3 is 15.2 Å². The number of nitro benzene ring substituents is 1. The molecule has 14 heavy (non-hydrogen) atoms. The molecule has 1 aromatic carbocycles. The molecule has 0 radical (unpaired) electrons. The van der Waals surface area contributed by atoms with Crippen LogP contribution < -0.4 is 10.5 Å². The number of nitrogens with zero attached hydrogens (tertiary/aromatic N) is 1. The van der Waals surface area contributed by atoms with Crippen LogP contribution in [0.25, 0.3) is 0 Å². The first-order valence-corrected chi connectivity index (χ1v) is 3.96. The Hall–Kier alpha value is -1.82. The van der Waals surface area contributed by atoms with Crippen molar-refractivity contribution in [2.75, 3.05) is 12.5 Å². The molecule has 0 amide bonds. The number of fused-ring (bicyclic) bond motifs is 1. The van der Waals surface area contributed by atoms with E-state index in [0.29, 0.717) is 12.4 Å². The summed E-state index contributed by atoms with van der Waals surface area (Å²) in [5.41, 5.74) is 6.22. The molecule has 0 atom stereocenters. The predicted molar refractivity (Wildman–Crippen MR) is 47.8 cm³/mol. The van der Waals surface area contributed by atoms with Crippen molar-refractivity contribution in [3.05, 3.63) is 27.8 Å². The Labute approximate surface area is 79.4 Å². The van der Waals surface area contributed by atoms with Crippen molar-refractivity contribution in [3.63, 3.8) is 0 Å². The molecule has 0 unspecified atom stereocenters. The first-order valence-electron chi connectivity index (χ1n) is 3.96. The number of benzene rings is 1. The highest BCUT2D eigenvalue weighted by molar-refractivity contribution is 5.63. The van der Waals surface area contributed by atoms with E-state index in [-0.39, 0.29) is 18.2 Å². The van der Waals surface area contributed by atoms with Crippen molar-refractivity contribution in [2.45, 2.75) is 6.61 Å². The van der Waals surface area contributed by atoms with Gasteiger partial charge in [-0.3, -0.25) is 10.1 Å². The Morgan fingerprint density at radius 1 is 1.50 bits per heavy atom. The fourth-order valence-corrected chi connectivity index (χ4v) is 1.30. The monoisotopic (exact) mass is 196 g/mol. The van der Waals surface area contributed by atoms with Crippen molar-refractivity contribution in [1.29, 1.82) is 0 Å². The summed E-state index contributed by atoms with van der Waals surface area (Å²) < 4.78 is 10.1. The van der Waals surface area contributed by atoms with Crippen LogP contribution in [-0.2, 0) is 11.3 Å². The Balaban J connectivity index is 2.50. The van der Waals surface area contributed by atoms with Crippen LogP contribution in [0.1, 0.15) is 5.56 Å². The summed E-state index contributed by atoms with van der Waals surface area (Å²) in [4.78, 5) is 10.0. The van der Waals surface area contributed by atoms with Gasteiger partial charge in [-0.05, 0) is 6.07 Å². The molecular weight excluding hydrogens is 188 g/mol. The molecule has 6 nitrogen and oxygen atoms in total. The number of anilines is 1. The lowest BCUT2D eigenvalue weighted by Gasteiger charge is -2.17. The molecule has 2 rings (SSSR count). The van der Waals surface area contributed by atoms with Crippen LogP contribution in [0.15, 0.2) is 12.1 Å². The minimum atomic E-state index is -0.533. The standard InChI is InChI=1S/C8H8N2O4/c9-6-1-5-3-13-4-14-8(5)2-7(6)10(11)12/h1-2H,3-4,9H2. The molecule has 2 N–H and O–H groups in total. The van der Waals surface area contributed by atoms with E-state index in [9.17, 15) is 10.1 Å². The van der Waals surface area contributed by atoms with E-state index in [2.05, 4.69) is 0 Å². The van der Waals surface area contributed by atoms with Crippen LogP contribution in [0.4, 0.5) is 11.4 Å². The van der Waals surface area contributed by atoms with Gasteiger partial charge in [0.2, 0.25) is 0 Å². The first kappa shape index (κ1) is 8.76. The number of nitrogen functional groups attached to an aromatic ring is 1. The number of hydrogen-bond acceptors (Lipinski definition) is 5. The third-order valence-electron chi connectivity index (χ3n) is 1.96. The number of ether oxygens (including phenoxy) is 2. The van der Waals surface area contributed by atoms with Gasteiger partial charge in [0.15, 0.2) is 6.79 Å². The second-order valence-corrected chi connectivity index (χ2v) is 2.89. The van der Waals surface area contributed by atoms with Crippen LogP contribution in [0.2, 0.25) is 0 Å². The van der Waals surface area contributed by atoms with Gasteiger partial charge in [-0.15, -0.1) is 0 Å². The first-order chi connectivity index (χ1) is 6.68. The fraction of sp³-hybridized carbons (Fsp3) is 0.250. The minimum Gasteiger partial charge on any atom is -0.467 e. The quantitative estimate of drug-likeness (QED) is 0.412. The number of nitrogens with two attached hydrogens (primary N) is 1. The lowest BCUT2D eigenvalue weighted by Crippen LogP contribution is -2.12. The Morgan fingerprint density at radius 2 is 2.29 bits per heavy atom. The molecule has 0 aliphatic carbocycles. The zero-order valence-electron chi connectivity index (χ0n) is 7.23. The summed E-state index contributed by atoms with van der Waals surface area (Å²) in [5, 5.41) is 10.5. The maximum atomic E-state index is 10.5. The molecule has 1 aromatic rings. The Bertz CT molecular complexity index is 391. The van der Waals surface area contributed by atoms with E-state index in [1.54, 1.807) is 0 Å². The summed E-state index contributed by atoms with van der Waals surface area (Å²) >= 11 is 0. The SMILES string of the molecule is Nc1cc2c(cc1[N+](=O)[O-])OCOC2. The third-order valence-corrected chi connectivity index (χ3v) is 1.96. The Kier molecular flexibility index (Phi) is 1.97. The van der Waals surface area contributed by atoms with Crippen molar-refractivity contribution in [1.82, 2.24) is 0 Å². The topological polar surface area (TPSA) is 87.6 Å². The molecule has 0 aromatic heterocycles. The van der Waals surface area contributed by atoms with Gasteiger partial charge in [0.25, 0.3) is 5.69 Å². The minimum absolute atomic E-state index is 0.119. The second kappa shape index (κ2) is 3.15. The highest BCUT2D eigenvalue weighted by atomic mass is 16.7. The maximum Gasteiger partial charge on any atom is 0.295 e. The predicted octanol–water partition coefficient (Wildman–Crippen LogP) is 1.04.